The van der Waals surface area contributed by atoms with Gasteiger partial charge in [0.2, 0.25) is 0 Å². The Kier molecular flexibility index (Phi) is 4.88. The molecule has 0 spiro atoms. The van der Waals surface area contributed by atoms with E-state index in [9.17, 15) is 8.42 Å². The Labute approximate surface area is 144 Å². The summed E-state index contributed by atoms with van der Waals surface area (Å²) in [4.78, 5) is 2.19. The molecule has 23 heavy (non-hydrogen) atoms. The van der Waals surface area contributed by atoms with E-state index in [1.54, 1.807) is 11.4 Å². The van der Waals surface area contributed by atoms with Crippen LogP contribution in [0.1, 0.15) is 18.4 Å². The summed E-state index contributed by atoms with van der Waals surface area (Å²) in [7, 11) is -1.64. The molecule has 0 aromatic heterocycles. The summed E-state index contributed by atoms with van der Waals surface area (Å²) in [5.74, 6) is 0.557. The molecule has 1 aromatic carbocycles. The van der Waals surface area contributed by atoms with E-state index < -0.39 is 10.2 Å². The van der Waals surface area contributed by atoms with Gasteiger partial charge in [-0.15, -0.1) is 0 Å². The first-order valence-corrected chi connectivity index (χ1v) is 9.88. The van der Waals surface area contributed by atoms with Gasteiger partial charge in [-0.2, -0.15) is 17.0 Å². The minimum absolute atomic E-state index is 0.502. The summed E-state index contributed by atoms with van der Waals surface area (Å²) in [5.41, 5.74) is 2.15. The van der Waals surface area contributed by atoms with E-state index in [0.29, 0.717) is 38.6 Å². The monoisotopic (exact) mass is 357 g/mol. The van der Waals surface area contributed by atoms with E-state index in [0.717, 1.165) is 29.1 Å². The SMILES string of the molecule is Cc1cccc(Cl)c1N1CCN(S(=O)(=O)N(C)CC2CC2)CC1. The first-order valence-electron chi connectivity index (χ1n) is 8.11. The van der Waals surface area contributed by atoms with Crippen LogP contribution < -0.4 is 4.90 Å². The summed E-state index contributed by atoms with van der Waals surface area (Å²) in [6.07, 6.45) is 2.30. The maximum absolute atomic E-state index is 12.6. The third kappa shape index (κ3) is 3.65. The van der Waals surface area contributed by atoms with Crippen molar-refractivity contribution in [3.05, 3.63) is 28.8 Å². The lowest BCUT2D eigenvalue weighted by molar-refractivity contribution is 0.338. The molecule has 7 heteroatoms. The predicted molar refractivity (Wildman–Crippen MR) is 94.2 cm³/mol. The normalized spacial score (nSPS) is 20.3. The van der Waals surface area contributed by atoms with Crippen LogP contribution in [0.3, 0.4) is 0 Å². The maximum Gasteiger partial charge on any atom is 0.281 e. The Morgan fingerprint density at radius 2 is 1.87 bits per heavy atom. The number of hydrogen-bond donors (Lipinski definition) is 0. The molecule has 3 rings (SSSR count). The quantitative estimate of drug-likeness (QED) is 0.812. The van der Waals surface area contributed by atoms with Gasteiger partial charge in [-0.1, -0.05) is 23.7 Å². The Morgan fingerprint density at radius 1 is 1.22 bits per heavy atom. The number of rotatable bonds is 5. The lowest BCUT2D eigenvalue weighted by atomic mass is 10.1. The number of benzene rings is 1. The molecule has 1 aliphatic carbocycles. The van der Waals surface area contributed by atoms with Crippen LogP contribution in [0.15, 0.2) is 18.2 Å². The number of para-hydroxylation sites is 1. The van der Waals surface area contributed by atoms with Crippen LogP contribution in [-0.4, -0.2) is 56.8 Å². The van der Waals surface area contributed by atoms with Crippen molar-refractivity contribution in [3.8, 4) is 0 Å². The van der Waals surface area contributed by atoms with Crippen LogP contribution in [0.5, 0.6) is 0 Å². The molecule has 1 saturated heterocycles. The molecular formula is C16H24ClN3O2S. The van der Waals surface area contributed by atoms with Crippen LogP contribution in [0.2, 0.25) is 5.02 Å². The van der Waals surface area contributed by atoms with E-state index in [-0.39, 0.29) is 0 Å². The van der Waals surface area contributed by atoms with E-state index in [2.05, 4.69) is 4.90 Å². The highest BCUT2D eigenvalue weighted by molar-refractivity contribution is 7.86. The van der Waals surface area contributed by atoms with Crippen molar-refractivity contribution in [1.82, 2.24) is 8.61 Å². The van der Waals surface area contributed by atoms with E-state index in [1.165, 1.54) is 4.31 Å². The van der Waals surface area contributed by atoms with Crippen LogP contribution in [0.4, 0.5) is 5.69 Å². The van der Waals surface area contributed by atoms with Crippen molar-refractivity contribution < 1.29 is 8.42 Å². The number of piperazine rings is 1. The second-order valence-electron chi connectivity index (χ2n) is 6.52. The van der Waals surface area contributed by atoms with Gasteiger partial charge in [0.05, 0.1) is 10.7 Å². The van der Waals surface area contributed by atoms with Gasteiger partial charge in [-0.3, -0.25) is 0 Å². The fourth-order valence-electron chi connectivity index (χ4n) is 3.12. The van der Waals surface area contributed by atoms with Gasteiger partial charge < -0.3 is 4.90 Å². The van der Waals surface area contributed by atoms with Gasteiger partial charge in [0.15, 0.2) is 0 Å². The molecule has 128 valence electrons. The summed E-state index contributed by atoms with van der Waals surface area (Å²) in [6, 6.07) is 5.86. The molecular weight excluding hydrogens is 334 g/mol. The Morgan fingerprint density at radius 3 is 2.43 bits per heavy atom. The summed E-state index contributed by atoms with van der Waals surface area (Å²) < 4.78 is 28.4. The van der Waals surface area contributed by atoms with Gasteiger partial charge in [0.25, 0.3) is 10.2 Å². The fraction of sp³-hybridized carbons (Fsp3) is 0.625. The first kappa shape index (κ1) is 17.0. The average Bonchev–Trinajstić information content (AvgIpc) is 3.31. The van der Waals surface area contributed by atoms with E-state index in [4.69, 9.17) is 11.6 Å². The topological polar surface area (TPSA) is 43.9 Å². The molecule has 1 heterocycles. The summed E-state index contributed by atoms with van der Waals surface area (Å²) in [5, 5.41) is 0.729. The van der Waals surface area contributed by atoms with Crippen molar-refractivity contribution in [2.75, 3.05) is 44.7 Å². The van der Waals surface area contributed by atoms with Crippen molar-refractivity contribution in [1.29, 1.82) is 0 Å². The van der Waals surface area contributed by atoms with Gasteiger partial charge in [0, 0.05) is 39.8 Å². The molecule has 0 radical (unpaired) electrons. The fourth-order valence-corrected chi connectivity index (χ4v) is 4.88. The third-order valence-electron chi connectivity index (χ3n) is 4.68. The van der Waals surface area contributed by atoms with Crippen LogP contribution in [0, 0.1) is 12.8 Å². The highest BCUT2D eigenvalue weighted by atomic mass is 35.5. The average molecular weight is 358 g/mol. The lowest BCUT2D eigenvalue weighted by Crippen LogP contribution is -2.52. The van der Waals surface area contributed by atoms with Crippen molar-refractivity contribution in [2.24, 2.45) is 5.92 Å². The third-order valence-corrected chi connectivity index (χ3v) is 6.94. The van der Waals surface area contributed by atoms with Gasteiger partial charge in [-0.25, -0.2) is 0 Å². The standard InChI is InChI=1S/C16H24ClN3O2S/c1-13-4-3-5-15(17)16(13)19-8-10-20(11-9-19)23(21,22)18(2)12-14-6-7-14/h3-5,14H,6-12H2,1-2H3. The number of nitrogens with zero attached hydrogens (tertiary/aromatic N) is 3. The maximum atomic E-state index is 12.6. The van der Waals surface area contributed by atoms with Gasteiger partial charge >= 0.3 is 0 Å². The smallest absolute Gasteiger partial charge is 0.281 e. The van der Waals surface area contributed by atoms with Crippen LogP contribution in [0.25, 0.3) is 0 Å². The Bertz CT molecular complexity index is 648. The Hall–Kier alpha value is -0.820. The molecule has 2 aliphatic rings. The second kappa shape index (κ2) is 6.59. The molecule has 1 aliphatic heterocycles. The molecule has 0 unspecified atom stereocenters. The zero-order chi connectivity index (χ0) is 16.6. The lowest BCUT2D eigenvalue weighted by Gasteiger charge is -2.37. The van der Waals surface area contributed by atoms with E-state index >= 15 is 0 Å². The molecule has 5 nitrogen and oxygen atoms in total. The molecule has 0 amide bonds. The largest absolute Gasteiger partial charge is 0.367 e. The highest BCUT2D eigenvalue weighted by Gasteiger charge is 2.34. The van der Waals surface area contributed by atoms with E-state index in [1.807, 2.05) is 25.1 Å². The first-order chi connectivity index (χ1) is 10.9. The van der Waals surface area contributed by atoms with Crippen molar-refractivity contribution >= 4 is 27.5 Å². The van der Waals surface area contributed by atoms with Gasteiger partial charge in [-0.05, 0) is 37.3 Å². The zero-order valence-electron chi connectivity index (χ0n) is 13.7. The minimum Gasteiger partial charge on any atom is -0.367 e. The van der Waals surface area contributed by atoms with Gasteiger partial charge in [0.1, 0.15) is 0 Å². The van der Waals surface area contributed by atoms with Crippen molar-refractivity contribution in [2.45, 2.75) is 19.8 Å². The highest BCUT2D eigenvalue weighted by Crippen LogP contribution is 2.32. The zero-order valence-corrected chi connectivity index (χ0v) is 15.3. The number of anilines is 1. The number of hydrogen-bond acceptors (Lipinski definition) is 3. The molecule has 0 N–H and O–H groups in total. The number of halogens is 1. The summed E-state index contributed by atoms with van der Waals surface area (Å²) >= 11 is 6.32. The molecule has 1 saturated carbocycles. The number of aryl methyl sites for hydroxylation is 1. The second-order valence-corrected chi connectivity index (χ2v) is 8.97. The Balaban J connectivity index is 1.66. The predicted octanol–water partition coefficient (Wildman–Crippen LogP) is 2.36. The summed E-state index contributed by atoms with van der Waals surface area (Å²) in [6.45, 7) is 5.02. The molecule has 0 atom stereocenters. The molecule has 1 aromatic rings. The van der Waals surface area contributed by atoms with Crippen LogP contribution in [-0.2, 0) is 10.2 Å². The minimum atomic E-state index is -3.34. The van der Waals surface area contributed by atoms with Crippen molar-refractivity contribution in [3.63, 3.8) is 0 Å². The molecule has 2 fully saturated rings. The van der Waals surface area contributed by atoms with Crippen LogP contribution >= 0.6 is 11.6 Å². The molecule has 0 bridgehead atoms.